The number of benzene rings is 1. The molecular weight excluding hydrogens is 256 g/mol. The molecule has 0 radical (unpaired) electrons. The first-order valence-electron chi connectivity index (χ1n) is 6.76. The van der Waals surface area contributed by atoms with E-state index in [1.807, 2.05) is 0 Å². The monoisotopic (exact) mass is 276 g/mol. The fraction of sp³-hybridized carbons (Fsp3) is 0.467. The van der Waals surface area contributed by atoms with Crippen LogP contribution in [0.2, 0.25) is 0 Å². The van der Waals surface area contributed by atoms with Crippen LogP contribution < -0.4 is 15.4 Å². The summed E-state index contributed by atoms with van der Waals surface area (Å²) in [6.45, 7) is 6.08. The molecule has 1 aliphatic rings. The minimum absolute atomic E-state index is 0.0394. The second-order valence-electron chi connectivity index (χ2n) is 5.34. The summed E-state index contributed by atoms with van der Waals surface area (Å²) in [7, 11) is 0. The van der Waals surface area contributed by atoms with Crippen molar-refractivity contribution in [1.82, 2.24) is 0 Å². The predicted molar refractivity (Wildman–Crippen MR) is 77.1 cm³/mol. The lowest BCUT2D eigenvalue weighted by atomic mass is 10.0. The summed E-state index contributed by atoms with van der Waals surface area (Å²) < 4.78 is 5.91. The number of ketones is 1. The number of rotatable bonds is 3. The summed E-state index contributed by atoms with van der Waals surface area (Å²) in [5.74, 6) is 0.730. The van der Waals surface area contributed by atoms with Crippen molar-refractivity contribution < 1.29 is 14.3 Å². The van der Waals surface area contributed by atoms with Gasteiger partial charge in [-0.15, -0.1) is 0 Å². The average molecular weight is 276 g/mol. The van der Waals surface area contributed by atoms with Crippen LogP contribution in [0.3, 0.4) is 0 Å². The number of carbonyl (C=O) groups excluding carboxylic acids is 2. The fourth-order valence-corrected chi connectivity index (χ4v) is 2.24. The molecule has 5 nitrogen and oxygen atoms in total. The van der Waals surface area contributed by atoms with Gasteiger partial charge in [0.2, 0.25) is 5.91 Å². The summed E-state index contributed by atoms with van der Waals surface area (Å²) in [4.78, 5) is 25.2. The molecule has 0 fully saturated rings. The zero-order valence-corrected chi connectivity index (χ0v) is 12.1. The second-order valence-corrected chi connectivity index (χ2v) is 5.34. The molecule has 20 heavy (non-hydrogen) atoms. The van der Waals surface area contributed by atoms with E-state index in [1.165, 1.54) is 6.92 Å². The quantitative estimate of drug-likeness (QED) is 0.851. The molecule has 5 heteroatoms. The van der Waals surface area contributed by atoms with Gasteiger partial charge in [-0.25, -0.2) is 0 Å². The molecule has 108 valence electrons. The molecule has 0 aliphatic carbocycles. The smallest absolute Gasteiger partial charge is 0.224 e. The van der Waals surface area contributed by atoms with E-state index in [4.69, 9.17) is 10.5 Å². The molecule has 1 amide bonds. The van der Waals surface area contributed by atoms with Gasteiger partial charge >= 0.3 is 0 Å². The number of nitrogens with two attached hydrogens (primary N) is 1. The molecule has 1 aromatic rings. The molecule has 0 bridgehead atoms. The molecule has 0 saturated carbocycles. The van der Waals surface area contributed by atoms with Gasteiger partial charge in [0.25, 0.3) is 0 Å². The largest absolute Gasteiger partial charge is 0.486 e. The summed E-state index contributed by atoms with van der Waals surface area (Å²) in [5.41, 5.74) is 6.53. The lowest BCUT2D eigenvalue weighted by Gasteiger charge is -2.36. The first-order valence-corrected chi connectivity index (χ1v) is 6.76. The van der Waals surface area contributed by atoms with Gasteiger partial charge in [0.15, 0.2) is 5.78 Å². The summed E-state index contributed by atoms with van der Waals surface area (Å²) in [6, 6.07) is 5.11. The molecule has 2 N–H and O–H groups in total. The van der Waals surface area contributed by atoms with Crippen molar-refractivity contribution in [3.63, 3.8) is 0 Å². The van der Waals surface area contributed by atoms with Gasteiger partial charge in [0, 0.05) is 12.5 Å². The maximum Gasteiger partial charge on any atom is 0.224 e. The Morgan fingerprint density at radius 3 is 2.70 bits per heavy atom. The van der Waals surface area contributed by atoms with Gasteiger partial charge in [0.1, 0.15) is 11.9 Å². The van der Waals surface area contributed by atoms with Crippen LogP contribution in [-0.2, 0) is 4.79 Å². The van der Waals surface area contributed by atoms with Crippen molar-refractivity contribution in [1.29, 1.82) is 0 Å². The Labute approximate surface area is 118 Å². The molecule has 1 aromatic carbocycles. The molecule has 1 aliphatic heterocycles. The Morgan fingerprint density at radius 1 is 1.45 bits per heavy atom. The third-order valence-corrected chi connectivity index (χ3v) is 3.52. The number of nitrogens with zero attached hydrogens (tertiary/aromatic N) is 1. The van der Waals surface area contributed by atoms with E-state index >= 15 is 0 Å². The van der Waals surface area contributed by atoms with Gasteiger partial charge in [-0.3, -0.25) is 9.59 Å². The summed E-state index contributed by atoms with van der Waals surface area (Å²) in [5, 5.41) is 0. The van der Waals surface area contributed by atoms with Crippen molar-refractivity contribution in [3.05, 3.63) is 23.8 Å². The highest BCUT2D eigenvalue weighted by Gasteiger charge is 2.30. The molecular formula is C15H20N2O3. The number of ether oxygens (including phenoxy) is 1. The zero-order valence-electron chi connectivity index (χ0n) is 12.1. The highest BCUT2D eigenvalue weighted by atomic mass is 16.5. The molecule has 1 heterocycles. The summed E-state index contributed by atoms with van der Waals surface area (Å²) in [6.07, 6.45) is -0.0394. The lowest BCUT2D eigenvalue weighted by molar-refractivity contribution is -0.117. The number of anilines is 1. The highest BCUT2D eigenvalue weighted by Crippen LogP contribution is 2.36. The van der Waals surface area contributed by atoms with Crippen molar-refractivity contribution in [2.75, 3.05) is 18.0 Å². The minimum atomic E-state index is -0.151. The number of amides is 1. The zero-order chi connectivity index (χ0) is 14.9. The Bertz CT molecular complexity index is 540. The van der Waals surface area contributed by atoms with E-state index in [2.05, 4.69) is 13.8 Å². The van der Waals surface area contributed by atoms with E-state index in [9.17, 15) is 9.59 Å². The van der Waals surface area contributed by atoms with Crippen molar-refractivity contribution >= 4 is 17.4 Å². The fourth-order valence-electron chi connectivity index (χ4n) is 2.24. The van der Waals surface area contributed by atoms with Gasteiger partial charge in [0.05, 0.1) is 18.8 Å². The molecule has 0 saturated heterocycles. The van der Waals surface area contributed by atoms with Crippen LogP contribution in [-0.4, -0.2) is 30.9 Å². The highest BCUT2D eigenvalue weighted by molar-refractivity contribution is 6.01. The van der Waals surface area contributed by atoms with Crippen molar-refractivity contribution in [2.24, 2.45) is 11.7 Å². The van der Waals surface area contributed by atoms with E-state index in [1.54, 1.807) is 23.1 Å². The molecule has 1 unspecified atom stereocenters. The lowest BCUT2D eigenvalue weighted by Crippen LogP contribution is -2.45. The standard InChI is InChI=1S/C15H20N2O3/c1-9(2)15-8-17(10(3)18)12-6-11(13(19)7-16)4-5-14(12)20-15/h4-6,9,15H,7-8,16H2,1-3H3. The van der Waals surface area contributed by atoms with E-state index in [-0.39, 0.29) is 24.3 Å². The number of fused-ring (bicyclic) bond motifs is 1. The van der Waals surface area contributed by atoms with Crippen LogP contribution in [0, 0.1) is 5.92 Å². The third kappa shape index (κ3) is 2.67. The molecule has 2 rings (SSSR count). The molecule has 0 aromatic heterocycles. The Kier molecular flexibility index (Phi) is 4.09. The summed E-state index contributed by atoms with van der Waals surface area (Å²) >= 11 is 0. The van der Waals surface area contributed by atoms with E-state index < -0.39 is 0 Å². The SMILES string of the molecule is CC(=O)N1CC(C(C)C)Oc2ccc(C(=O)CN)cc21. The first-order chi connectivity index (χ1) is 9.43. The third-order valence-electron chi connectivity index (χ3n) is 3.52. The number of Topliss-reactive ketones (excluding diaryl/α,β-unsaturated/α-hetero) is 1. The topological polar surface area (TPSA) is 72.6 Å². The molecule has 0 spiro atoms. The van der Waals surface area contributed by atoms with E-state index in [0.717, 1.165) is 0 Å². The van der Waals surface area contributed by atoms with Gasteiger partial charge in [-0.05, 0) is 24.1 Å². The van der Waals surface area contributed by atoms with Crippen molar-refractivity contribution in [2.45, 2.75) is 26.9 Å². The minimum Gasteiger partial charge on any atom is -0.486 e. The molecule has 1 atom stereocenters. The number of hydrogen-bond donors (Lipinski definition) is 1. The van der Waals surface area contributed by atoms with Crippen LogP contribution in [0.1, 0.15) is 31.1 Å². The number of carbonyl (C=O) groups is 2. The van der Waals surface area contributed by atoms with Crippen LogP contribution in [0.25, 0.3) is 0 Å². The number of hydrogen-bond acceptors (Lipinski definition) is 4. The predicted octanol–water partition coefficient (Wildman–Crippen LogP) is 1.60. The Morgan fingerprint density at radius 2 is 2.15 bits per heavy atom. The van der Waals surface area contributed by atoms with Crippen LogP contribution in [0.5, 0.6) is 5.75 Å². The van der Waals surface area contributed by atoms with Gasteiger partial charge in [-0.2, -0.15) is 0 Å². The average Bonchev–Trinajstić information content (AvgIpc) is 2.44. The van der Waals surface area contributed by atoms with Crippen LogP contribution in [0.4, 0.5) is 5.69 Å². The maximum atomic E-state index is 11.8. The normalized spacial score (nSPS) is 17.6. The second kappa shape index (κ2) is 5.63. The maximum absolute atomic E-state index is 11.8. The first kappa shape index (κ1) is 14.5. The van der Waals surface area contributed by atoms with Crippen LogP contribution >= 0.6 is 0 Å². The van der Waals surface area contributed by atoms with Crippen LogP contribution in [0.15, 0.2) is 18.2 Å². The van der Waals surface area contributed by atoms with E-state index in [0.29, 0.717) is 29.5 Å². The Balaban J connectivity index is 2.43. The van der Waals surface area contributed by atoms with Gasteiger partial charge in [-0.1, -0.05) is 13.8 Å². The van der Waals surface area contributed by atoms with Crippen molar-refractivity contribution in [3.8, 4) is 5.75 Å². The van der Waals surface area contributed by atoms with Gasteiger partial charge < -0.3 is 15.4 Å². The Hall–Kier alpha value is -1.88.